The molecule has 3 nitrogen and oxygen atoms in total. The Morgan fingerprint density at radius 2 is 2.14 bits per heavy atom. The molecule has 1 aromatic heterocycles. The highest BCUT2D eigenvalue weighted by Gasteiger charge is 2.06. The van der Waals surface area contributed by atoms with Gasteiger partial charge in [0.1, 0.15) is 5.82 Å². The maximum Gasteiger partial charge on any atom is 0.229 e. The Morgan fingerprint density at radius 3 is 2.71 bits per heavy atom. The first-order valence-corrected chi connectivity index (χ1v) is 4.46. The van der Waals surface area contributed by atoms with Crippen LogP contribution in [0.2, 0.25) is 0 Å². The Hall–Kier alpha value is -1.77. The standard InChI is InChI=1S/C11H12N2O/c1-8-4-3-5-9(6-8)11-12-10(14)7-13(11)2/h3-7,14H,1-2H3. The van der Waals surface area contributed by atoms with Crippen LogP contribution in [0.25, 0.3) is 11.4 Å². The summed E-state index contributed by atoms with van der Waals surface area (Å²) < 4.78 is 1.81. The van der Waals surface area contributed by atoms with Crippen molar-refractivity contribution >= 4 is 0 Å². The maximum atomic E-state index is 9.23. The third-order valence-electron chi connectivity index (χ3n) is 2.14. The lowest BCUT2D eigenvalue weighted by atomic mass is 10.1. The summed E-state index contributed by atoms with van der Waals surface area (Å²) >= 11 is 0. The molecule has 0 amide bonds. The minimum Gasteiger partial charge on any atom is -0.492 e. The maximum absolute atomic E-state index is 9.23. The number of aromatic nitrogens is 2. The summed E-state index contributed by atoms with van der Waals surface area (Å²) in [7, 11) is 1.87. The van der Waals surface area contributed by atoms with E-state index in [1.165, 1.54) is 5.56 Å². The normalized spacial score (nSPS) is 10.4. The molecular weight excluding hydrogens is 176 g/mol. The summed E-state index contributed by atoms with van der Waals surface area (Å²) in [6.45, 7) is 2.03. The average molecular weight is 188 g/mol. The van der Waals surface area contributed by atoms with Gasteiger partial charge in [0, 0.05) is 12.6 Å². The molecule has 0 atom stereocenters. The Bertz CT molecular complexity index is 460. The highest BCUT2D eigenvalue weighted by molar-refractivity contribution is 5.57. The molecule has 0 aliphatic rings. The van der Waals surface area contributed by atoms with Crippen LogP contribution < -0.4 is 0 Å². The van der Waals surface area contributed by atoms with Crippen LogP contribution in [-0.2, 0) is 7.05 Å². The van der Waals surface area contributed by atoms with E-state index >= 15 is 0 Å². The second-order valence-electron chi connectivity index (χ2n) is 3.40. The van der Waals surface area contributed by atoms with Gasteiger partial charge in [0.15, 0.2) is 0 Å². The number of rotatable bonds is 1. The van der Waals surface area contributed by atoms with E-state index in [1.807, 2.05) is 42.8 Å². The van der Waals surface area contributed by atoms with Crippen molar-refractivity contribution in [3.8, 4) is 17.3 Å². The van der Waals surface area contributed by atoms with Gasteiger partial charge >= 0.3 is 0 Å². The van der Waals surface area contributed by atoms with Crippen LogP contribution in [-0.4, -0.2) is 14.7 Å². The van der Waals surface area contributed by atoms with Crippen LogP contribution in [0, 0.1) is 6.92 Å². The van der Waals surface area contributed by atoms with E-state index in [4.69, 9.17) is 0 Å². The van der Waals surface area contributed by atoms with Crippen molar-refractivity contribution in [2.45, 2.75) is 6.92 Å². The van der Waals surface area contributed by atoms with Gasteiger partial charge in [-0.2, -0.15) is 4.98 Å². The number of aryl methyl sites for hydroxylation is 2. The molecule has 14 heavy (non-hydrogen) atoms. The zero-order valence-electron chi connectivity index (χ0n) is 8.23. The van der Waals surface area contributed by atoms with Crippen LogP contribution in [0.1, 0.15) is 5.56 Å². The van der Waals surface area contributed by atoms with E-state index in [1.54, 1.807) is 6.20 Å². The van der Waals surface area contributed by atoms with E-state index < -0.39 is 0 Å². The van der Waals surface area contributed by atoms with Gasteiger partial charge in [0.05, 0.1) is 6.20 Å². The molecule has 0 aliphatic carbocycles. The summed E-state index contributed by atoms with van der Waals surface area (Å²) in [6.07, 6.45) is 1.59. The van der Waals surface area contributed by atoms with Gasteiger partial charge in [-0.05, 0) is 13.0 Å². The highest BCUT2D eigenvalue weighted by atomic mass is 16.3. The Morgan fingerprint density at radius 1 is 1.36 bits per heavy atom. The molecule has 2 rings (SSSR count). The van der Waals surface area contributed by atoms with Crippen LogP contribution in [0.3, 0.4) is 0 Å². The number of nitrogens with zero attached hydrogens (tertiary/aromatic N) is 2. The van der Waals surface area contributed by atoms with Crippen LogP contribution in [0.15, 0.2) is 30.5 Å². The van der Waals surface area contributed by atoms with Crippen molar-refractivity contribution in [1.82, 2.24) is 9.55 Å². The predicted molar refractivity (Wildman–Crippen MR) is 55.0 cm³/mol. The fourth-order valence-corrected chi connectivity index (χ4v) is 1.50. The fraction of sp³-hybridized carbons (Fsp3) is 0.182. The minimum atomic E-state index is 0.0593. The fourth-order valence-electron chi connectivity index (χ4n) is 1.50. The summed E-state index contributed by atoms with van der Waals surface area (Å²) in [5, 5.41) is 9.23. The molecule has 0 spiro atoms. The predicted octanol–water partition coefficient (Wildman–Crippen LogP) is 2.10. The van der Waals surface area contributed by atoms with E-state index in [-0.39, 0.29) is 5.88 Å². The number of hydrogen-bond donors (Lipinski definition) is 1. The molecule has 0 aliphatic heterocycles. The number of imidazole rings is 1. The van der Waals surface area contributed by atoms with Gasteiger partial charge in [0.25, 0.3) is 0 Å². The average Bonchev–Trinajstić information content (AvgIpc) is 2.45. The molecule has 1 N–H and O–H groups in total. The highest BCUT2D eigenvalue weighted by Crippen LogP contribution is 2.21. The van der Waals surface area contributed by atoms with Crippen molar-refractivity contribution in [3.63, 3.8) is 0 Å². The summed E-state index contributed by atoms with van der Waals surface area (Å²) in [4.78, 5) is 4.04. The van der Waals surface area contributed by atoms with E-state index in [9.17, 15) is 5.11 Å². The summed E-state index contributed by atoms with van der Waals surface area (Å²) in [5.74, 6) is 0.843. The third kappa shape index (κ3) is 1.48. The lowest BCUT2D eigenvalue weighted by Crippen LogP contribution is -1.90. The second kappa shape index (κ2) is 3.18. The van der Waals surface area contributed by atoms with Gasteiger partial charge in [0.2, 0.25) is 5.88 Å². The smallest absolute Gasteiger partial charge is 0.229 e. The molecule has 0 fully saturated rings. The molecule has 0 radical (unpaired) electrons. The molecule has 0 saturated heterocycles. The molecular formula is C11H12N2O. The molecule has 0 unspecified atom stereocenters. The summed E-state index contributed by atoms with van der Waals surface area (Å²) in [5.41, 5.74) is 2.21. The van der Waals surface area contributed by atoms with Crippen molar-refractivity contribution in [2.75, 3.05) is 0 Å². The molecule has 1 aromatic carbocycles. The first-order chi connectivity index (χ1) is 6.66. The largest absolute Gasteiger partial charge is 0.492 e. The van der Waals surface area contributed by atoms with E-state index in [0.717, 1.165) is 11.4 Å². The minimum absolute atomic E-state index is 0.0593. The van der Waals surface area contributed by atoms with Crippen LogP contribution in [0.5, 0.6) is 5.88 Å². The number of hydrogen-bond acceptors (Lipinski definition) is 2. The van der Waals surface area contributed by atoms with Crippen molar-refractivity contribution in [2.24, 2.45) is 7.05 Å². The number of aromatic hydroxyl groups is 1. The Balaban J connectivity index is 2.54. The second-order valence-corrected chi connectivity index (χ2v) is 3.40. The molecule has 0 saturated carbocycles. The van der Waals surface area contributed by atoms with Gasteiger partial charge in [-0.1, -0.05) is 23.8 Å². The van der Waals surface area contributed by atoms with Crippen LogP contribution in [0.4, 0.5) is 0 Å². The number of benzene rings is 1. The zero-order chi connectivity index (χ0) is 10.1. The Kier molecular flexibility index (Phi) is 2.00. The van der Waals surface area contributed by atoms with Crippen molar-refractivity contribution in [3.05, 3.63) is 36.0 Å². The Labute approximate surface area is 82.7 Å². The van der Waals surface area contributed by atoms with E-state index in [2.05, 4.69) is 4.98 Å². The van der Waals surface area contributed by atoms with Gasteiger partial charge in [-0.3, -0.25) is 0 Å². The topological polar surface area (TPSA) is 38.1 Å². The lowest BCUT2D eigenvalue weighted by Gasteiger charge is -2.01. The molecule has 1 heterocycles. The third-order valence-corrected chi connectivity index (χ3v) is 2.14. The van der Waals surface area contributed by atoms with Gasteiger partial charge in [-0.15, -0.1) is 0 Å². The van der Waals surface area contributed by atoms with E-state index in [0.29, 0.717) is 0 Å². The summed E-state index contributed by atoms with van der Waals surface area (Å²) in [6, 6.07) is 8.04. The first kappa shape index (κ1) is 8.81. The molecule has 3 heteroatoms. The molecule has 72 valence electrons. The van der Waals surface area contributed by atoms with Gasteiger partial charge in [-0.25, -0.2) is 0 Å². The quantitative estimate of drug-likeness (QED) is 0.744. The van der Waals surface area contributed by atoms with Crippen LogP contribution >= 0.6 is 0 Å². The lowest BCUT2D eigenvalue weighted by molar-refractivity contribution is 0.456. The monoisotopic (exact) mass is 188 g/mol. The van der Waals surface area contributed by atoms with Gasteiger partial charge < -0.3 is 9.67 Å². The van der Waals surface area contributed by atoms with Crippen molar-refractivity contribution < 1.29 is 5.11 Å². The SMILES string of the molecule is Cc1cccc(-c2nc(O)cn2C)c1. The molecule has 0 bridgehead atoms. The molecule has 2 aromatic rings. The zero-order valence-corrected chi connectivity index (χ0v) is 8.23. The van der Waals surface area contributed by atoms with Crippen molar-refractivity contribution in [1.29, 1.82) is 0 Å². The first-order valence-electron chi connectivity index (χ1n) is 4.46.